The molecule has 3 nitrogen and oxygen atoms in total. The van der Waals surface area contributed by atoms with Gasteiger partial charge in [0.25, 0.3) is 5.91 Å². The predicted octanol–water partition coefficient (Wildman–Crippen LogP) is 5.92. The van der Waals surface area contributed by atoms with E-state index in [9.17, 15) is 4.79 Å². The Labute approximate surface area is 164 Å². The zero-order valence-corrected chi connectivity index (χ0v) is 16.3. The number of halogens is 1. The smallest absolute Gasteiger partial charge is 0.263 e. The number of nitrogens with zero attached hydrogens (tertiary/aromatic N) is 1. The van der Waals surface area contributed by atoms with E-state index in [-0.39, 0.29) is 5.91 Å². The zero-order chi connectivity index (χ0) is 18.1. The Kier molecular flexibility index (Phi) is 4.76. The molecule has 2 aromatic heterocycles. The molecule has 0 spiro atoms. The maximum absolute atomic E-state index is 12.6. The van der Waals surface area contributed by atoms with Crippen LogP contribution in [0.25, 0.3) is 21.3 Å². The fourth-order valence-electron chi connectivity index (χ4n) is 2.69. The largest absolute Gasteiger partial charge is 0.345 e. The highest BCUT2D eigenvalue weighted by molar-refractivity contribution is 7.21. The van der Waals surface area contributed by atoms with Gasteiger partial charge in [-0.25, -0.2) is 4.98 Å². The lowest BCUT2D eigenvalue weighted by atomic mass is 10.2. The molecular formula is C20H15ClN2OS2. The summed E-state index contributed by atoms with van der Waals surface area (Å²) < 4.78 is 1.03. The van der Waals surface area contributed by atoms with Gasteiger partial charge < -0.3 is 5.32 Å². The van der Waals surface area contributed by atoms with Crippen molar-refractivity contribution in [1.29, 1.82) is 0 Å². The average molecular weight is 399 g/mol. The van der Waals surface area contributed by atoms with Gasteiger partial charge in [0.2, 0.25) is 0 Å². The molecule has 0 saturated heterocycles. The molecule has 6 heteroatoms. The van der Waals surface area contributed by atoms with Crippen molar-refractivity contribution in [1.82, 2.24) is 10.3 Å². The topological polar surface area (TPSA) is 42.0 Å². The first-order valence-electron chi connectivity index (χ1n) is 8.08. The highest BCUT2D eigenvalue weighted by Gasteiger charge is 2.17. The number of carbonyl (C=O) groups is 1. The van der Waals surface area contributed by atoms with Crippen LogP contribution < -0.4 is 5.32 Å². The van der Waals surface area contributed by atoms with E-state index in [2.05, 4.69) is 16.4 Å². The second-order valence-corrected chi connectivity index (χ2v) is 8.29. The molecule has 0 unspecified atom stereocenters. The second kappa shape index (κ2) is 7.19. The van der Waals surface area contributed by atoms with Gasteiger partial charge in [-0.05, 0) is 18.6 Å². The fourth-order valence-corrected chi connectivity index (χ4v) is 4.96. The van der Waals surface area contributed by atoms with E-state index in [0.717, 1.165) is 31.9 Å². The van der Waals surface area contributed by atoms with E-state index in [0.29, 0.717) is 16.4 Å². The molecular weight excluding hydrogens is 384 g/mol. The van der Waals surface area contributed by atoms with Gasteiger partial charge in [-0.1, -0.05) is 54.1 Å². The summed E-state index contributed by atoms with van der Waals surface area (Å²) in [5.74, 6) is -0.162. The third-order valence-electron chi connectivity index (χ3n) is 4.01. The van der Waals surface area contributed by atoms with Crippen LogP contribution in [0, 0.1) is 6.92 Å². The summed E-state index contributed by atoms with van der Waals surface area (Å²) >= 11 is 9.37. The average Bonchev–Trinajstić information content (AvgIpc) is 3.25. The molecule has 0 aliphatic rings. The van der Waals surface area contributed by atoms with Gasteiger partial charge in [0.1, 0.15) is 9.88 Å². The minimum atomic E-state index is -0.162. The van der Waals surface area contributed by atoms with Crippen molar-refractivity contribution in [3.8, 4) is 11.3 Å². The lowest BCUT2D eigenvalue weighted by molar-refractivity contribution is 0.0955. The van der Waals surface area contributed by atoms with E-state index in [1.54, 1.807) is 0 Å². The fraction of sp³-hybridized carbons (Fsp3) is 0.100. The van der Waals surface area contributed by atoms with Crippen molar-refractivity contribution in [2.24, 2.45) is 0 Å². The molecule has 0 aliphatic carbocycles. The van der Waals surface area contributed by atoms with Crippen molar-refractivity contribution in [3.05, 3.63) is 74.4 Å². The standard InChI is InChI=1S/C20H15ClN2OS2/c1-12-7-8-14-16(9-12)26-19(18(14)21)20(24)22-10-17-23-15(11-25-17)13-5-3-2-4-6-13/h2-9,11H,10H2,1H3,(H,22,24). The van der Waals surface area contributed by atoms with Crippen LogP contribution in [0.4, 0.5) is 0 Å². The van der Waals surface area contributed by atoms with Crippen molar-refractivity contribution in [2.75, 3.05) is 0 Å². The number of thiazole rings is 1. The molecule has 0 bridgehead atoms. The van der Waals surface area contributed by atoms with E-state index in [4.69, 9.17) is 11.6 Å². The summed E-state index contributed by atoms with van der Waals surface area (Å²) in [5, 5.41) is 7.25. The molecule has 2 aromatic carbocycles. The zero-order valence-electron chi connectivity index (χ0n) is 14.0. The molecule has 0 fully saturated rings. The van der Waals surface area contributed by atoms with Crippen LogP contribution in [0.2, 0.25) is 5.02 Å². The van der Waals surface area contributed by atoms with Gasteiger partial charge in [-0.2, -0.15) is 0 Å². The number of fused-ring (bicyclic) bond motifs is 1. The maximum atomic E-state index is 12.6. The van der Waals surface area contributed by atoms with Crippen LogP contribution in [0.5, 0.6) is 0 Å². The molecule has 0 aliphatic heterocycles. The molecule has 0 atom stereocenters. The number of hydrogen-bond donors (Lipinski definition) is 1. The first-order chi connectivity index (χ1) is 12.6. The molecule has 0 radical (unpaired) electrons. The van der Waals surface area contributed by atoms with Gasteiger partial charge in [0.15, 0.2) is 0 Å². The number of nitrogens with one attached hydrogen (secondary N) is 1. The van der Waals surface area contributed by atoms with E-state index in [1.807, 2.05) is 54.8 Å². The summed E-state index contributed by atoms with van der Waals surface area (Å²) in [5.41, 5.74) is 3.15. The molecule has 0 saturated carbocycles. The Morgan fingerprint density at radius 1 is 1.19 bits per heavy atom. The predicted molar refractivity (Wildman–Crippen MR) is 110 cm³/mol. The van der Waals surface area contributed by atoms with Crippen LogP contribution in [-0.4, -0.2) is 10.9 Å². The Hall–Kier alpha value is -2.21. The Balaban J connectivity index is 1.49. The number of aryl methyl sites for hydroxylation is 1. The maximum Gasteiger partial charge on any atom is 0.263 e. The van der Waals surface area contributed by atoms with Gasteiger partial charge in [-0.15, -0.1) is 22.7 Å². The molecule has 1 amide bonds. The summed E-state index contributed by atoms with van der Waals surface area (Å²) in [6.45, 7) is 2.42. The molecule has 26 heavy (non-hydrogen) atoms. The second-order valence-electron chi connectivity index (χ2n) is 5.92. The number of carbonyl (C=O) groups excluding carboxylic acids is 1. The van der Waals surface area contributed by atoms with Crippen LogP contribution in [0.1, 0.15) is 20.2 Å². The first kappa shape index (κ1) is 17.2. The van der Waals surface area contributed by atoms with Gasteiger partial charge >= 0.3 is 0 Å². The van der Waals surface area contributed by atoms with Crippen molar-refractivity contribution < 1.29 is 4.79 Å². The number of rotatable bonds is 4. The number of thiophene rings is 1. The molecule has 4 rings (SSSR count). The SMILES string of the molecule is Cc1ccc2c(Cl)c(C(=O)NCc3nc(-c4ccccc4)cs3)sc2c1. The quantitative estimate of drug-likeness (QED) is 0.463. The molecule has 130 valence electrons. The molecule has 2 heterocycles. The lowest BCUT2D eigenvalue weighted by Gasteiger charge is -2.01. The Morgan fingerprint density at radius 3 is 2.81 bits per heavy atom. The Bertz CT molecular complexity index is 1090. The number of benzene rings is 2. The number of amides is 1. The first-order valence-corrected chi connectivity index (χ1v) is 10.2. The van der Waals surface area contributed by atoms with Crippen LogP contribution >= 0.6 is 34.3 Å². The molecule has 4 aromatic rings. The number of hydrogen-bond acceptors (Lipinski definition) is 4. The third kappa shape index (κ3) is 3.38. The highest BCUT2D eigenvalue weighted by Crippen LogP contribution is 2.35. The van der Waals surface area contributed by atoms with Gasteiger partial charge in [0.05, 0.1) is 17.3 Å². The summed E-state index contributed by atoms with van der Waals surface area (Å²) in [6.07, 6.45) is 0. The van der Waals surface area contributed by atoms with Crippen LogP contribution in [-0.2, 0) is 6.54 Å². The highest BCUT2D eigenvalue weighted by atomic mass is 35.5. The third-order valence-corrected chi connectivity index (χ3v) is 6.52. The van der Waals surface area contributed by atoms with Gasteiger partial charge in [-0.3, -0.25) is 4.79 Å². The van der Waals surface area contributed by atoms with Crippen molar-refractivity contribution >= 4 is 50.3 Å². The van der Waals surface area contributed by atoms with E-state index < -0.39 is 0 Å². The lowest BCUT2D eigenvalue weighted by Crippen LogP contribution is -2.22. The summed E-state index contributed by atoms with van der Waals surface area (Å²) in [4.78, 5) is 17.7. The molecule has 1 N–H and O–H groups in total. The van der Waals surface area contributed by atoms with Gasteiger partial charge in [0, 0.05) is 21.0 Å². The van der Waals surface area contributed by atoms with Crippen LogP contribution in [0.3, 0.4) is 0 Å². The van der Waals surface area contributed by atoms with E-state index >= 15 is 0 Å². The van der Waals surface area contributed by atoms with E-state index in [1.165, 1.54) is 22.7 Å². The normalized spacial score (nSPS) is 11.0. The summed E-state index contributed by atoms with van der Waals surface area (Å²) in [7, 11) is 0. The van der Waals surface area contributed by atoms with Crippen molar-refractivity contribution in [2.45, 2.75) is 13.5 Å². The summed E-state index contributed by atoms with van der Waals surface area (Å²) in [6, 6.07) is 16.0. The monoisotopic (exact) mass is 398 g/mol. The van der Waals surface area contributed by atoms with Crippen LogP contribution in [0.15, 0.2) is 53.9 Å². The Morgan fingerprint density at radius 2 is 2.00 bits per heavy atom. The minimum absolute atomic E-state index is 0.162. The van der Waals surface area contributed by atoms with Crippen molar-refractivity contribution in [3.63, 3.8) is 0 Å². The number of aromatic nitrogens is 1. The minimum Gasteiger partial charge on any atom is -0.345 e.